The summed E-state index contributed by atoms with van der Waals surface area (Å²) in [5.41, 5.74) is 8.96. The van der Waals surface area contributed by atoms with Gasteiger partial charge in [0.05, 0.1) is 7.11 Å². The van der Waals surface area contributed by atoms with Crippen LogP contribution in [0.15, 0.2) is 55.1 Å². The minimum atomic E-state index is -0.271. The summed E-state index contributed by atoms with van der Waals surface area (Å²) in [6.07, 6.45) is 1.65. The Labute approximate surface area is 161 Å². The van der Waals surface area contributed by atoms with Crippen molar-refractivity contribution >= 4 is 5.91 Å². The highest BCUT2D eigenvalue weighted by Crippen LogP contribution is 2.28. The van der Waals surface area contributed by atoms with Crippen LogP contribution in [0.4, 0.5) is 0 Å². The van der Waals surface area contributed by atoms with E-state index in [2.05, 4.69) is 37.9 Å². The molecule has 27 heavy (non-hydrogen) atoms. The summed E-state index contributed by atoms with van der Waals surface area (Å²) in [5, 5.41) is 2.87. The lowest BCUT2D eigenvalue weighted by Crippen LogP contribution is -2.31. The van der Waals surface area contributed by atoms with Crippen LogP contribution in [0.5, 0.6) is 11.5 Å². The molecule has 1 amide bonds. The summed E-state index contributed by atoms with van der Waals surface area (Å²) in [6.45, 7) is 8.63. The molecule has 0 aliphatic heterocycles. The van der Waals surface area contributed by atoms with Crippen molar-refractivity contribution in [1.82, 2.24) is 5.32 Å². The summed E-state index contributed by atoms with van der Waals surface area (Å²) in [7, 11) is 1.54. The molecule has 5 nitrogen and oxygen atoms in total. The molecule has 2 aromatic rings. The van der Waals surface area contributed by atoms with Crippen molar-refractivity contribution in [3.63, 3.8) is 0 Å². The van der Waals surface area contributed by atoms with Crippen LogP contribution in [0.2, 0.25) is 0 Å². The predicted octanol–water partition coefficient (Wildman–Crippen LogP) is 3.81. The maximum absolute atomic E-state index is 12.4. The molecule has 0 bridgehead atoms. The maximum atomic E-state index is 12.4. The SMILES string of the molecule is C=CCOc1ccc(C(=O)NCC(N)c2ccc(C(C)C)cc2)cc1OC. The van der Waals surface area contributed by atoms with Crippen LogP contribution in [-0.2, 0) is 0 Å². The Bertz CT molecular complexity index is 770. The highest BCUT2D eigenvalue weighted by molar-refractivity contribution is 5.94. The summed E-state index contributed by atoms with van der Waals surface area (Å²) in [6, 6.07) is 13.0. The molecule has 144 valence electrons. The number of carbonyl (C=O) groups excluding carboxylic acids is 1. The first-order valence-electron chi connectivity index (χ1n) is 9.01. The molecule has 5 heteroatoms. The van der Waals surface area contributed by atoms with Gasteiger partial charge < -0.3 is 20.5 Å². The molecule has 0 spiro atoms. The average molecular weight is 368 g/mol. The lowest BCUT2D eigenvalue weighted by Gasteiger charge is -2.15. The van der Waals surface area contributed by atoms with Crippen molar-refractivity contribution in [3.8, 4) is 11.5 Å². The smallest absolute Gasteiger partial charge is 0.251 e. The number of methoxy groups -OCH3 is 1. The number of hydrogen-bond acceptors (Lipinski definition) is 4. The van der Waals surface area contributed by atoms with E-state index in [1.54, 1.807) is 24.3 Å². The molecule has 0 saturated heterocycles. The van der Waals surface area contributed by atoms with Crippen LogP contribution in [-0.4, -0.2) is 26.2 Å². The second-order valence-electron chi connectivity index (χ2n) is 6.60. The van der Waals surface area contributed by atoms with E-state index in [-0.39, 0.29) is 11.9 Å². The molecular formula is C22H28N2O3. The van der Waals surface area contributed by atoms with Crippen molar-refractivity contribution in [2.24, 2.45) is 5.73 Å². The first kappa shape index (κ1) is 20.5. The molecule has 0 aliphatic rings. The van der Waals surface area contributed by atoms with Crippen LogP contribution in [0.3, 0.4) is 0 Å². The van der Waals surface area contributed by atoms with Crippen molar-refractivity contribution < 1.29 is 14.3 Å². The number of amides is 1. The minimum Gasteiger partial charge on any atom is -0.493 e. The van der Waals surface area contributed by atoms with E-state index in [0.717, 1.165) is 5.56 Å². The lowest BCUT2D eigenvalue weighted by molar-refractivity contribution is 0.0951. The number of rotatable bonds is 9. The van der Waals surface area contributed by atoms with Gasteiger partial charge in [0.25, 0.3) is 5.91 Å². The number of ether oxygens (including phenoxy) is 2. The Morgan fingerprint density at radius 1 is 1.15 bits per heavy atom. The van der Waals surface area contributed by atoms with E-state index < -0.39 is 0 Å². The zero-order chi connectivity index (χ0) is 19.8. The predicted molar refractivity (Wildman–Crippen MR) is 108 cm³/mol. The Kier molecular flexibility index (Phi) is 7.44. The van der Waals surface area contributed by atoms with Gasteiger partial charge in [-0.15, -0.1) is 0 Å². The molecule has 0 aliphatic carbocycles. The van der Waals surface area contributed by atoms with Gasteiger partial charge in [0.1, 0.15) is 6.61 Å². The van der Waals surface area contributed by atoms with Crippen molar-refractivity contribution in [1.29, 1.82) is 0 Å². The van der Waals surface area contributed by atoms with Gasteiger partial charge in [-0.25, -0.2) is 0 Å². The third kappa shape index (κ3) is 5.59. The Morgan fingerprint density at radius 3 is 2.41 bits per heavy atom. The molecule has 0 aromatic heterocycles. The molecule has 0 heterocycles. The van der Waals surface area contributed by atoms with E-state index in [4.69, 9.17) is 15.2 Å². The third-order valence-corrected chi connectivity index (χ3v) is 4.30. The summed E-state index contributed by atoms with van der Waals surface area (Å²) in [4.78, 5) is 12.4. The Hall–Kier alpha value is -2.79. The molecular weight excluding hydrogens is 340 g/mol. The van der Waals surface area contributed by atoms with Gasteiger partial charge in [-0.1, -0.05) is 50.8 Å². The minimum absolute atomic E-state index is 0.210. The zero-order valence-electron chi connectivity index (χ0n) is 16.2. The first-order valence-corrected chi connectivity index (χ1v) is 9.01. The topological polar surface area (TPSA) is 73.6 Å². The molecule has 0 saturated carbocycles. The van der Waals surface area contributed by atoms with E-state index in [9.17, 15) is 4.79 Å². The van der Waals surface area contributed by atoms with Gasteiger partial charge in [0, 0.05) is 18.2 Å². The van der Waals surface area contributed by atoms with E-state index in [0.29, 0.717) is 36.1 Å². The van der Waals surface area contributed by atoms with Crippen LogP contribution in [0.1, 0.15) is 47.3 Å². The number of carbonyl (C=O) groups is 1. The monoisotopic (exact) mass is 368 g/mol. The number of nitrogens with two attached hydrogens (primary N) is 1. The van der Waals surface area contributed by atoms with Crippen LogP contribution in [0, 0.1) is 0 Å². The highest BCUT2D eigenvalue weighted by atomic mass is 16.5. The molecule has 1 atom stereocenters. The summed E-state index contributed by atoms with van der Waals surface area (Å²) in [5.74, 6) is 1.33. The zero-order valence-corrected chi connectivity index (χ0v) is 16.2. The first-order chi connectivity index (χ1) is 13.0. The number of benzene rings is 2. The van der Waals surface area contributed by atoms with Gasteiger partial charge in [-0.2, -0.15) is 0 Å². The van der Waals surface area contributed by atoms with Crippen LogP contribution >= 0.6 is 0 Å². The average Bonchev–Trinajstić information content (AvgIpc) is 2.70. The van der Waals surface area contributed by atoms with Crippen molar-refractivity contribution in [2.75, 3.05) is 20.3 Å². The van der Waals surface area contributed by atoms with E-state index in [1.807, 2.05) is 12.1 Å². The van der Waals surface area contributed by atoms with Crippen LogP contribution in [0.25, 0.3) is 0 Å². The number of nitrogens with one attached hydrogen (secondary N) is 1. The molecule has 0 fully saturated rings. The quantitative estimate of drug-likeness (QED) is 0.660. The normalized spacial score (nSPS) is 11.7. The molecule has 1 unspecified atom stereocenters. The fourth-order valence-electron chi connectivity index (χ4n) is 2.63. The molecule has 3 N–H and O–H groups in total. The van der Waals surface area contributed by atoms with Gasteiger partial charge in [-0.3, -0.25) is 4.79 Å². The van der Waals surface area contributed by atoms with Gasteiger partial charge in [0.15, 0.2) is 11.5 Å². The Morgan fingerprint density at radius 2 is 1.81 bits per heavy atom. The molecule has 0 radical (unpaired) electrons. The lowest BCUT2D eigenvalue weighted by atomic mass is 9.99. The fourth-order valence-corrected chi connectivity index (χ4v) is 2.63. The van der Waals surface area contributed by atoms with E-state index >= 15 is 0 Å². The third-order valence-electron chi connectivity index (χ3n) is 4.30. The van der Waals surface area contributed by atoms with Crippen LogP contribution < -0.4 is 20.5 Å². The van der Waals surface area contributed by atoms with Gasteiger partial charge in [-0.05, 0) is 35.2 Å². The summed E-state index contributed by atoms with van der Waals surface area (Å²) >= 11 is 0. The maximum Gasteiger partial charge on any atom is 0.251 e. The standard InChI is InChI=1S/C22H28N2O3/c1-5-12-27-20-11-10-18(13-21(20)26-4)22(25)24-14-19(23)17-8-6-16(7-9-17)15(2)3/h5-11,13,15,19H,1,12,14,23H2,2-4H3,(H,24,25). The molecule has 2 rings (SSSR count). The van der Waals surface area contributed by atoms with Gasteiger partial charge in [0.2, 0.25) is 0 Å². The van der Waals surface area contributed by atoms with Gasteiger partial charge >= 0.3 is 0 Å². The molecule has 2 aromatic carbocycles. The number of hydrogen-bond donors (Lipinski definition) is 2. The van der Waals surface area contributed by atoms with Crippen molar-refractivity contribution in [2.45, 2.75) is 25.8 Å². The largest absolute Gasteiger partial charge is 0.493 e. The summed E-state index contributed by atoms with van der Waals surface area (Å²) < 4.78 is 10.8. The highest BCUT2D eigenvalue weighted by Gasteiger charge is 2.13. The van der Waals surface area contributed by atoms with E-state index in [1.165, 1.54) is 12.7 Å². The second kappa shape index (κ2) is 9.78. The fraction of sp³-hybridized carbons (Fsp3) is 0.318. The second-order valence-corrected chi connectivity index (χ2v) is 6.60. The Balaban J connectivity index is 1.99. The van der Waals surface area contributed by atoms with Crippen molar-refractivity contribution in [3.05, 3.63) is 71.8 Å².